The van der Waals surface area contributed by atoms with E-state index in [1.54, 1.807) is 0 Å². The summed E-state index contributed by atoms with van der Waals surface area (Å²) in [5.74, 6) is -1.77. The van der Waals surface area contributed by atoms with Crippen molar-refractivity contribution in [1.29, 1.82) is 0 Å². The molecule has 15 heavy (non-hydrogen) atoms. The summed E-state index contributed by atoms with van der Waals surface area (Å²) >= 11 is 0. The average molecular weight is 213 g/mol. The Morgan fingerprint density at radius 2 is 1.67 bits per heavy atom. The van der Waals surface area contributed by atoms with Crippen molar-refractivity contribution in [3.63, 3.8) is 0 Å². The van der Waals surface area contributed by atoms with Crippen LogP contribution in [0.4, 0.5) is 0 Å². The Kier molecular flexibility index (Phi) is 1.99. The van der Waals surface area contributed by atoms with Gasteiger partial charge in [0.15, 0.2) is 0 Å². The molecule has 0 aromatic carbocycles. The Morgan fingerprint density at radius 3 is 2.07 bits per heavy atom. The molecule has 0 unspecified atom stereocenters. The standard InChI is InChI=1S/C10H15NO4/c1-8(2)9(3,4)15-10(12,14-8)7-5-11-13-6-7/h5-6,12H,1-4H3. The molecule has 1 aromatic rings. The largest absolute Gasteiger partial charge is 0.364 e. The van der Waals surface area contributed by atoms with Crippen molar-refractivity contribution in [3.05, 3.63) is 18.0 Å². The van der Waals surface area contributed by atoms with E-state index in [0.717, 1.165) is 0 Å². The van der Waals surface area contributed by atoms with Crippen LogP contribution in [0.2, 0.25) is 0 Å². The fraction of sp³-hybridized carbons (Fsp3) is 0.700. The molecule has 2 heterocycles. The highest BCUT2D eigenvalue weighted by molar-refractivity contribution is 5.11. The Morgan fingerprint density at radius 1 is 1.13 bits per heavy atom. The minimum absolute atomic E-state index is 0.362. The monoisotopic (exact) mass is 213 g/mol. The molecule has 5 nitrogen and oxygen atoms in total. The van der Waals surface area contributed by atoms with Crippen molar-refractivity contribution in [3.8, 4) is 0 Å². The number of ether oxygens (including phenoxy) is 2. The highest BCUT2D eigenvalue weighted by Gasteiger charge is 2.58. The highest BCUT2D eigenvalue weighted by atomic mass is 16.9. The van der Waals surface area contributed by atoms with Crippen molar-refractivity contribution >= 4 is 0 Å². The van der Waals surface area contributed by atoms with Crippen LogP contribution >= 0.6 is 0 Å². The third-order valence-corrected chi connectivity index (χ3v) is 3.03. The van der Waals surface area contributed by atoms with Gasteiger partial charge in [-0.2, -0.15) is 0 Å². The van der Waals surface area contributed by atoms with Crippen LogP contribution in [0.5, 0.6) is 0 Å². The maximum Gasteiger partial charge on any atom is 0.315 e. The Labute approximate surface area is 88.0 Å². The summed E-state index contributed by atoms with van der Waals surface area (Å²) in [5, 5.41) is 13.7. The van der Waals surface area contributed by atoms with Gasteiger partial charge in [0.25, 0.3) is 0 Å². The predicted molar refractivity (Wildman–Crippen MR) is 50.7 cm³/mol. The minimum Gasteiger partial charge on any atom is -0.364 e. The first kappa shape index (κ1) is 10.6. The maximum absolute atomic E-state index is 10.2. The summed E-state index contributed by atoms with van der Waals surface area (Å²) in [4.78, 5) is 0. The zero-order valence-electron chi connectivity index (χ0n) is 9.27. The zero-order valence-corrected chi connectivity index (χ0v) is 9.27. The van der Waals surface area contributed by atoms with Crippen molar-refractivity contribution in [2.75, 3.05) is 0 Å². The summed E-state index contributed by atoms with van der Waals surface area (Å²) in [7, 11) is 0. The summed E-state index contributed by atoms with van der Waals surface area (Å²) < 4.78 is 15.7. The Balaban J connectivity index is 2.36. The molecule has 0 amide bonds. The van der Waals surface area contributed by atoms with Gasteiger partial charge in [-0.3, -0.25) is 0 Å². The molecule has 1 fully saturated rings. The van der Waals surface area contributed by atoms with E-state index in [9.17, 15) is 5.11 Å². The van der Waals surface area contributed by atoms with Crippen LogP contribution in [0, 0.1) is 0 Å². The molecule has 1 saturated heterocycles. The molecule has 1 N–H and O–H groups in total. The molecule has 2 rings (SSSR count). The Hall–Kier alpha value is -0.910. The van der Waals surface area contributed by atoms with E-state index < -0.39 is 17.2 Å². The van der Waals surface area contributed by atoms with Gasteiger partial charge in [-0.25, -0.2) is 0 Å². The van der Waals surface area contributed by atoms with E-state index in [0.29, 0.717) is 5.56 Å². The van der Waals surface area contributed by atoms with Crippen molar-refractivity contribution in [2.45, 2.75) is 44.9 Å². The first-order valence-corrected chi connectivity index (χ1v) is 4.79. The lowest BCUT2D eigenvalue weighted by Crippen LogP contribution is -2.41. The number of aromatic nitrogens is 1. The van der Waals surface area contributed by atoms with Gasteiger partial charge < -0.3 is 19.1 Å². The molecule has 0 saturated carbocycles. The van der Waals surface area contributed by atoms with Crippen LogP contribution < -0.4 is 0 Å². The lowest BCUT2D eigenvalue weighted by molar-refractivity contribution is -0.340. The normalized spacial score (nSPS) is 26.7. The fourth-order valence-electron chi connectivity index (χ4n) is 1.44. The van der Waals surface area contributed by atoms with E-state index in [1.807, 2.05) is 27.7 Å². The molecule has 0 atom stereocenters. The van der Waals surface area contributed by atoms with Gasteiger partial charge in [-0.15, -0.1) is 0 Å². The number of rotatable bonds is 1. The van der Waals surface area contributed by atoms with Gasteiger partial charge in [-0.05, 0) is 27.7 Å². The third kappa shape index (κ3) is 1.47. The minimum atomic E-state index is -1.77. The van der Waals surface area contributed by atoms with Crippen LogP contribution in [0.15, 0.2) is 17.0 Å². The van der Waals surface area contributed by atoms with E-state index in [4.69, 9.17) is 9.47 Å². The van der Waals surface area contributed by atoms with E-state index in [2.05, 4.69) is 9.68 Å². The smallest absolute Gasteiger partial charge is 0.315 e. The van der Waals surface area contributed by atoms with E-state index >= 15 is 0 Å². The Bertz CT molecular complexity index is 340. The summed E-state index contributed by atoms with van der Waals surface area (Å²) in [6.07, 6.45) is 2.68. The number of hydrogen-bond acceptors (Lipinski definition) is 5. The number of nitrogens with zero attached hydrogens (tertiary/aromatic N) is 1. The van der Waals surface area contributed by atoms with Crippen LogP contribution in [-0.4, -0.2) is 21.5 Å². The topological polar surface area (TPSA) is 64.7 Å². The van der Waals surface area contributed by atoms with Gasteiger partial charge in [0.2, 0.25) is 0 Å². The molecule has 0 spiro atoms. The van der Waals surface area contributed by atoms with E-state index in [-0.39, 0.29) is 0 Å². The second kappa shape index (κ2) is 2.81. The molecule has 0 bridgehead atoms. The highest BCUT2D eigenvalue weighted by Crippen LogP contribution is 2.46. The molecule has 84 valence electrons. The molecule has 5 heteroatoms. The molecule has 1 aliphatic rings. The summed E-state index contributed by atoms with van der Waals surface area (Å²) in [5.41, 5.74) is -0.834. The number of aliphatic hydroxyl groups is 1. The van der Waals surface area contributed by atoms with Crippen molar-refractivity contribution in [1.82, 2.24) is 5.16 Å². The molecular weight excluding hydrogens is 198 g/mol. The van der Waals surface area contributed by atoms with Crippen molar-refractivity contribution < 1.29 is 19.1 Å². The van der Waals surface area contributed by atoms with E-state index in [1.165, 1.54) is 12.5 Å². The van der Waals surface area contributed by atoms with Crippen LogP contribution in [0.1, 0.15) is 33.3 Å². The van der Waals surface area contributed by atoms with Gasteiger partial charge in [-0.1, -0.05) is 5.16 Å². The number of hydrogen-bond donors (Lipinski definition) is 1. The predicted octanol–water partition coefficient (Wildman–Crippen LogP) is 1.38. The third-order valence-electron chi connectivity index (χ3n) is 3.03. The lowest BCUT2D eigenvalue weighted by Gasteiger charge is -2.29. The SMILES string of the molecule is CC1(C)OC(O)(c2cnoc2)OC1(C)C. The first-order valence-electron chi connectivity index (χ1n) is 4.79. The van der Waals surface area contributed by atoms with Gasteiger partial charge in [0, 0.05) is 0 Å². The summed E-state index contributed by atoms with van der Waals surface area (Å²) in [6, 6.07) is 0. The maximum atomic E-state index is 10.2. The fourth-order valence-corrected chi connectivity index (χ4v) is 1.44. The van der Waals surface area contributed by atoms with Gasteiger partial charge in [0.1, 0.15) is 11.8 Å². The second-order valence-electron chi connectivity index (χ2n) is 4.72. The zero-order chi connectivity index (χ0) is 11.3. The molecule has 1 aliphatic heterocycles. The van der Waals surface area contributed by atoms with Crippen LogP contribution in [0.25, 0.3) is 0 Å². The average Bonchev–Trinajstić information content (AvgIpc) is 2.56. The van der Waals surface area contributed by atoms with Crippen LogP contribution in [-0.2, 0) is 15.4 Å². The molecule has 1 aromatic heterocycles. The van der Waals surface area contributed by atoms with Gasteiger partial charge in [0.05, 0.1) is 17.4 Å². The van der Waals surface area contributed by atoms with Gasteiger partial charge >= 0.3 is 5.97 Å². The first-order chi connectivity index (χ1) is 6.77. The quantitative estimate of drug-likeness (QED) is 0.763. The lowest BCUT2D eigenvalue weighted by atomic mass is 9.90. The van der Waals surface area contributed by atoms with Crippen LogP contribution in [0.3, 0.4) is 0 Å². The molecule has 0 aliphatic carbocycles. The second-order valence-corrected chi connectivity index (χ2v) is 4.72. The molecule has 0 radical (unpaired) electrons. The summed E-state index contributed by atoms with van der Waals surface area (Å²) in [6.45, 7) is 7.44. The van der Waals surface area contributed by atoms with Crippen molar-refractivity contribution in [2.24, 2.45) is 0 Å². The molecular formula is C10H15NO4.